The molecular formula is C22H23N3O4S2. The lowest BCUT2D eigenvalue weighted by atomic mass is 10.1. The Morgan fingerprint density at radius 3 is 2.74 bits per heavy atom. The number of benzene rings is 1. The number of thioether (sulfide) groups is 1. The van der Waals surface area contributed by atoms with Gasteiger partial charge in [0.1, 0.15) is 4.83 Å². The number of amides is 1. The van der Waals surface area contributed by atoms with E-state index in [4.69, 9.17) is 9.72 Å². The molecule has 0 atom stereocenters. The van der Waals surface area contributed by atoms with Gasteiger partial charge in [0.05, 0.1) is 24.3 Å². The lowest BCUT2D eigenvalue weighted by Crippen LogP contribution is -2.26. The van der Waals surface area contributed by atoms with E-state index in [1.54, 1.807) is 47.3 Å². The molecule has 1 aromatic carbocycles. The summed E-state index contributed by atoms with van der Waals surface area (Å²) in [6, 6.07) is 6.76. The maximum Gasteiger partial charge on any atom is 0.263 e. The molecule has 0 spiro atoms. The molecule has 0 fully saturated rings. The first-order valence-electron chi connectivity index (χ1n) is 10.1. The van der Waals surface area contributed by atoms with Gasteiger partial charge in [-0.05, 0) is 56.0 Å². The van der Waals surface area contributed by atoms with Crippen LogP contribution < -0.4 is 10.9 Å². The van der Waals surface area contributed by atoms with Gasteiger partial charge in [-0.15, -0.1) is 11.3 Å². The molecule has 0 saturated carbocycles. The van der Waals surface area contributed by atoms with Gasteiger partial charge in [-0.1, -0.05) is 11.8 Å². The summed E-state index contributed by atoms with van der Waals surface area (Å²) in [5, 5.41) is 4.07. The second-order valence-electron chi connectivity index (χ2n) is 7.35. The van der Waals surface area contributed by atoms with Crippen LogP contribution in [0.25, 0.3) is 10.2 Å². The summed E-state index contributed by atoms with van der Waals surface area (Å²) in [5.41, 5.74) is 2.30. The summed E-state index contributed by atoms with van der Waals surface area (Å²) < 4.78 is 6.80. The number of anilines is 1. The van der Waals surface area contributed by atoms with Crippen molar-refractivity contribution in [3.63, 3.8) is 0 Å². The average molecular weight is 458 g/mol. The highest BCUT2D eigenvalue weighted by molar-refractivity contribution is 7.99. The van der Waals surface area contributed by atoms with Crippen molar-refractivity contribution in [2.75, 3.05) is 24.8 Å². The smallest absolute Gasteiger partial charge is 0.263 e. The number of Topliss-reactive ketones (excluding diaryl/α,β-unsaturated/α-hetero) is 1. The third-order valence-electron chi connectivity index (χ3n) is 5.22. The van der Waals surface area contributed by atoms with Gasteiger partial charge in [0.2, 0.25) is 5.91 Å². The van der Waals surface area contributed by atoms with Crippen molar-refractivity contribution in [1.82, 2.24) is 9.55 Å². The molecule has 3 aromatic rings. The number of carbonyl (C=O) groups is 2. The number of aromatic nitrogens is 2. The summed E-state index contributed by atoms with van der Waals surface area (Å²) in [6.45, 7) is 2.28. The van der Waals surface area contributed by atoms with Crippen LogP contribution >= 0.6 is 23.1 Å². The van der Waals surface area contributed by atoms with E-state index in [9.17, 15) is 14.4 Å². The minimum atomic E-state index is -0.207. The molecule has 0 saturated heterocycles. The number of carbonyl (C=O) groups excluding carboxylic acids is 2. The fourth-order valence-electron chi connectivity index (χ4n) is 3.66. The standard InChI is InChI=1S/C22H23N3O4S2/c1-13(26)14-6-8-15(9-7-14)23-18(27)12-30-22-24-20-19(16-4-3-5-17(16)31-20)21(28)25(22)10-11-29-2/h6-9H,3-5,10-12H2,1-2H3,(H,23,27). The Labute approximate surface area is 187 Å². The Hall–Kier alpha value is -2.49. The molecule has 2 aromatic heterocycles. The van der Waals surface area contributed by atoms with Gasteiger partial charge in [-0.25, -0.2) is 4.98 Å². The summed E-state index contributed by atoms with van der Waals surface area (Å²) in [7, 11) is 1.59. The van der Waals surface area contributed by atoms with E-state index in [0.717, 1.165) is 35.0 Å². The number of fused-ring (bicyclic) bond motifs is 3. The minimum absolute atomic E-state index is 0.0246. The molecule has 162 valence electrons. The van der Waals surface area contributed by atoms with E-state index in [1.807, 2.05) is 0 Å². The predicted molar refractivity (Wildman–Crippen MR) is 124 cm³/mol. The minimum Gasteiger partial charge on any atom is -0.383 e. The normalized spacial score (nSPS) is 12.8. The fourth-order valence-corrected chi connectivity index (χ4v) is 5.79. The molecule has 0 unspecified atom stereocenters. The Bertz CT molecular complexity index is 1200. The molecule has 9 heteroatoms. The number of nitrogens with one attached hydrogen (secondary N) is 1. The third-order valence-corrected chi connectivity index (χ3v) is 7.38. The summed E-state index contributed by atoms with van der Waals surface area (Å²) in [5.74, 6) is -0.116. The van der Waals surface area contributed by atoms with E-state index in [0.29, 0.717) is 29.6 Å². The number of hydrogen-bond acceptors (Lipinski definition) is 7. The molecule has 1 amide bonds. The van der Waals surface area contributed by atoms with Crippen LogP contribution in [-0.4, -0.2) is 40.7 Å². The SMILES string of the molecule is COCCn1c(SCC(=O)Nc2ccc(C(C)=O)cc2)nc2sc3c(c2c1=O)CCC3. The second-order valence-corrected chi connectivity index (χ2v) is 9.38. The van der Waals surface area contributed by atoms with Gasteiger partial charge in [0, 0.05) is 23.2 Å². The van der Waals surface area contributed by atoms with Gasteiger partial charge in [0.15, 0.2) is 10.9 Å². The zero-order chi connectivity index (χ0) is 22.0. The summed E-state index contributed by atoms with van der Waals surface area (Å²) in [4.78, 5) is 43.8. The largest absolute Gasteiger partial charge is 0.383 e. The van der Waals surface area contributed by atoms with Crippen molar-refractivity contribution in [2.45, 2.75) is 37.9 Å². The predicted octanol–water partition coefficient (Wildman–Crippen LogP) is 3.53. The maximum absolute atomic E-state index is 13.2. The monoisotopic (exact) mass is 457 g/mol. The Morgan fingerprint density at radius 2 is 2.03 bits per heavy atom. The molecule has 1 N–H and O–H groups in total. The number of rotatable bonds is 8. The third kappa shape index (κ3) is 4.58. The molecule has 31 heavy (non-hydrogen) atoms. The Morgan fingerprint density at radius 1 is 1.26 bits per heavy atom. The summed E-state index contributed by atoms with van der Waals surface area (Å²) in [6.07, 6.45) is 3.01. The molecule has 4 rings (SSSR count). The van der Waals surface area contributed by atoms with E-state index in [-0.39, 0.29) is 23.0 Å². The van der Waals surface area contributed by atoms with Crippen molar-refractivity contribution in [2.24, 2.45) is 0 Å². The van der Waals surface area contributed by atoms with Crippen LogP contribution in [0.2, 0.25) is 0 Å². The van der Waals surface area contributed by atoms with Crippen LogP contribution in [-0.2, 0) is 28.9 Å². The Kier molecular flexibility index (Phi) is 6.54. The molecule has 1 aliphatic carbocycles. The highest BCUT2D eigenvalue weighted by Crippen LogP contribution is 2.35. The first-order valence-corrected chi connectivity index (χ1v) is 11.9. The van der Waals surface area contributed by atoms with Crippen molar-refractivity contribution in [1.29, 1.82) is 0 Å². The molecule has 0 radical (unpaired) electrons. The molecule has 7 nitrogen and oxygen atoms in total. The number of ether oxygens (including phenoxy) is 1. The molecule has 1 aliphatic rings. The van der Waals surface area contributed by atoms with Crippen LogP contribution in [0.3, 0.4) is 0 Å². The van der Waals surface area contributed by atoms with Gasteiger partial charge in [-0.2, -0.15) is 0 Å². The number of hydrogen-bond donors (Lipinski definition) is 1. The first-order chi connectivity index (χ1) is 15.0. The molecule has 0 aliphatic heterocycles. The van der Waals surface area contributed by atoms with Crippen molar-refractivity contribution < 1.29 is 14.3 Å². The van der Waals surface area contributed by atoms with Crippen LogP contribution in [0.1, 0.15) is 34.1 Å². The zero-order valence-corrected chi connectivity index (χ0v) is 19.0. The van der Waals surface area contributed by atoms with Gasteiger partial charge >= 0.3 is 0 Å². The van der Waals surface area contributed by atoms with Crippen LogP contribution in [0, 0.1) is 0 Å². The van der Waals surface area contributed by atoms with Gasteiger partial charge < -0.3 is 10.1 Å². The zero-order valence-electron chi connectivity index (χ0n) is 17.4. The quantitative estimate of drug-likeness (QED) is 0.316. The van der Waals surface area contributed by atoms with E-state index >= 15 is 0 Å². The number of thiophene rings is 1. The lowest BCUT2D eigenvalue weighted by Gasteiger charge is -2.12. The van der Waals surface area contributed by atoms with Gasteiger partial charge in [0.25, 0.3) is 5.56 Å². The fraction of sp³-hybridized carbons (Fsp3) is 0.364. The second kappa shape index (κ2) is 9.33. The molecule has 2 heterocycles. The maximum atomic E-state index is 13.2. The van der Waals surface area contributed by atoms with Crippen molar-refractivity contribution in [3.8, 4) is 0 Å². The Balaban J connectivity index is 1.53. The van der Waals surface area contributed by atoms with Crippen LogP contribution in [0.15, 0.2) is 34.2 Å². The van der Waals surface area contributed by atoms with Gasteiger partial charge in [-0.3, -0.25) is 19.0 Å². The number of ketones is 1. The van der Waals surface area contributed by atoms with E-state index in [2.05, 4.69) is 5.32 Å². The first kappa shape index (κ1) is 21.7. The highest BCUT2D eigenvalue weighted by atomic mass is 32.2. The number of methoxy groups -OCH3 is 1. The van der Waals surface area contributed by atoms with E-state index in [1.165, 1.54) is 23.6 Å². The van der Waals surface area contributed by atoms with Crippen molar-refractivity contribution >= 4 is 50.7 Å². The van der Waals surface area contributed by atoms with Crippen LogP contribution in [0.5, 0.6) is 0 Å². The van der Waals surface area contributed by atoms with Crippen molar-refractivity contribution in [3.05, 3.63) is 50.6 Å². The topological polar surface area (TPSA) is 90.3 Å². The van der Waals surface area contributed by atoms with E-state index < -0.39 is 0 Å². The molecular weight excluding hydrogens is 434 g/mol. The number of aryl methyl sites for hydroxylation is 2. The average Bonchev–Trinajstić information content (AvgIpc) is 3.33. The summed E-state index contributed by atoms with van der Waals surface area (Å²) >= 11 is 2.83. The molecule has 0 bridgehead atoms. The van der Waals surface area contributed by atoms with Crippen LogP contribution in [0.4, 0.5) is 5.69 Å². The highest BCUT2D eigenvalue weighted by Gasteiger charge is 2.23. The number of nitrogens with zero attached hydrogens (tertiary/aromatic N) is 2. The lowest BCUT2D eigenvalue weighted by molar-refractivity contribution is -0.113.